The molecule has 2 heterocycles. The lowest BCUT2D eigenvalue weighted by molar-refractivity contribution is -0.157. The summed E-state index contributed by atoms with van der Waals surface area (Å²) in [6.07, 6.45) is 5.38. The number of piperazine rings is 1. The minimum Gasteiger partial charge on any atom is -0.333 e. The van der Waals surface area contributed by atoms with Gasteiger partial charge < -0.3 is 15.1 Å². The number of nitrogens with one attached hydrogen (secondary N) is 1. The molecule has 226 valence electrons. The highest BCUT2D eigenvalue weighted by atomic mass is 16.2. The quantitative estimate of drug-likeness (QED) is 0.257. The van der Waals surface area contributed by atoms with Gasteiger partial charge in [0.2, 0.25) is 11.8 Å². The molecule has 3 aromatic carbocycles. The average molecular weight is 591 g/mol. The van der Waals surface area contributed by atoms with Crippen molar-refractivity contribution in [3.05, 3.63) is 120 Å². The van der Waals surface area contributed by atoms with Gasteiger partial charge in [-0.2, -0.15) is 5.01 Å². The Kier molecular flexibility index (Phi) is 9.66. The van der Waals surface area contributed by atoms with Gasteiger partial charge in [-0.15, -0.1) is 6.58 Å². The SMILES string of the molecule is C=CCN(C(=O)NCc1ccccc1)N1CC(=O)N2[C@@H](Cc3ccccc3)C(=O)N(Cc3ccc(/C=C\C)c(N=C)c3)C[C@@H]21. The minimum atomic E-state index is -0.717. The maximum atomic E-state index is 14.1. The molecule has 0 bridgehead atoms. The van der Waals surface area contributed by atoms with Crippen molar-refractivity contribution in [1.29, 1.82) is 0 Å². The number of aliphatic imine (C=N–C) groups is 1. The largest absolute Gasteiger partial charge is 0.333 e. The molecular weight excluding hydrogens is 552 g/mol. The third-order valence-corrected chi connectivity index (χ3v) is 7.96. The van der Waals surface area contributed by atoms with Gasteiger partial charge in [-0.05, 0) is 42.0 Å². The molecule has 9 heteroatoms. The summed E-state index contributed by atoms with van der Waals surface area (Å²) in [5, 5.41) is 6.27. The summed E-state index contributed by atoms with van der Waals surface area (Å²) >= 11 is 0. The Morgan fingerprint density at radius 1 is 1.02 bits per heavy atom. The van der Waals surface area contributed by atoms with Gasteiger partial charge in [-0.1, -0.05) is 91.0 Å². The molecule has 0 spiro atoms. The highest BCUT2D eigenvalue weighted by Gasteiger charge is 2.52. The van der Waals surface area contributed by atoms with Crippen LogP contribution < -0.4 is 5.32 Å². The number of fused-ring (bicyclic) bond motifs is 1. The van der Waals surface area contributed by atoms with E-state index in [1.165, 1.54) is 5.01 Å². The Morgan fingerprint density at radius 3 is 2.39 bits per heavy atom. The lowest BCUT2D eigenvalue weighted by atomic mass is 9.99. The second-order valence-corrected chi connectivity index (χ2v) is 10.9. The number of benzene rings is 3. The Hall–Kier alpha value is -5.02. The minimum absolute atomic E-state index is 0.0216. The van der Waals surface area contributed by atoms with Crippen molar-refractivity contribution in [3.8, 4) is 0 Å². The molecule has 0 aromatic heterocycles. The lowest BCUT2D eigenvalue weighted by Crippen LogP contribution is -2.66. The van der Waals surface area contributed by atoms with Gasteiger partial charge in [0.1, 0.15) is 12.2 Å². The standard InChI is InChI=1S/C35H38N6O3/c1-4-12-29-18-17-28(20-30(29)36-3)23-38-24-32-40(39(19-5-2)35(44)37-22-27-15-10-7-11-16-27)25-33(42)41(32)31(34(38)43)21-26-13-8-6-9-14-26/h4-18,20,31-32H,2-3,19,21-25H2,1H3,(H,37,44)/b12-4-/t31-,32+/m0/s1. The first-order valence-corrected chi connectivity index (χ1v) is 14.8. The number of rotatable bonds is 11. The number of hydrogen-bond donors (Lipinski definition) is 1. The van der Waals surface area contributed by atoms with Crippen LogP contribution in [0.3, 0.4) is 0 Å². The van der Waals surface area contributed by atoms with Crippen LogP contribution >= 0.6 is 0 Å². The molecule has 44 heavy (non-hydrogen) atoms. The number of hydrogen-bond acceptors (Lipinski definition) is 5. The van der Waals surface area contributed by atoms with Crippen molar-refractivity contribution in [2.45, 2.75) is 38.6 Å². The molecule has 2 aliphatic heterocycles. The van der Waals surface area contributed by atoms with Crippen LogP contribution in [0.25, 0.3) is 6.08 Å². The second kappa shape index (κ2) is 14.0. The van der Waals surface area contributed by atoms with Crippen molar-refractivity contribution in [1.82, 2.24) is 25.1 Å². The van der Waals surface area contributed by atoms with E-state index in [1.54, 1.807) is 20.9 Å². The molecule has 0 aliphatic carbocycles. The molecule has 5 rings (SSSR count). The van der Waals surface area contributed by atoms with Crippen LogP contribution in [0.15, 0.2) is 103 Å². The summed E-state index contributed by atoms with van der Waals surface area (Å²) < 4.78 is 0. The summed E-state index contributed by atoms with van der Waals surface area (Å²) in [6, 6.07) is 24.2. The number of amides is 4. The van der Waals surface area contributed by atoms with Gasteiger partial charge in [-0.25, -0.2) is 4.79 Å². The van der Waals surface area contributed by atoms with Gasteiger partial charge in [0.25, 0.3) is 0 Å². The van der Waals surface area contributed by atoms with E-state index in [0.29, 0.717) is 19.5 Å². The molecule has 0 saturated carbocycles. The zero-order valence-electron chi connectivity index (χ0n) is 25.0. The summed E-state index contributed by atoms with van der Waals surface area (Å²) in [5.41, 5.74) is 4.50. The number of carbonyl (C=O) groups is 3. The first-order chi connectivity index (χ1) is 21.4. The predicted octanol–water partition coefficient (Wildman–Crippen LogP) is 4.79. The van der Waals surface area contributed by atoms with Crippen molar-refractivity contribution >= 4 is 36.3 Å². The molecule has 2 saturated heterocycles. The Labute approximate surface area is 258 Å². The third kappa shape index (κ3) is 6.63. The number of hydrazine groups is 1. The van der Waals surface area contributed by atoms with Gasteiger partial charge >= 0.3 is 6.03 Å². The van der Waals surface area contributed by atoms with Crippen LogP contribution in [0.4, 0.5) is 10.5 Å². The van der Waals surface area contributed by atoms with Crippen molar-refractivity contribution < 1.29 is 14.4 Å². The molecule has 4 amide bonds. The maximum Gasteiger partial charge on any atom is 0.332 e. The fourth-order valence-corrected chi connectivity index (χ4v) is 5.88. The second-order valence-electron chi connectivity index (χ2n) is 10.9. The summed E-state index contributed by atoms with van der Waals surface area (Å²) in [4.78, 5) is 48.9. The predicted molar refractivity (Wildman–Crippen MR) is 173 cm³/mol. The van der Waals surface area contributed by atoms with E-state index < -0.39 is 12.2 Å². The van der Waals surface area contributed by atoms with E-state index in [-0.39, 0.29) is 37.5 Å². The highest BCUT2D eigenvalue weighted by molar-refractivity contribution is 5.92. The highest BCUT2D eigenvalue weighted by Crippen LogP contribution is 2.31. The van der Waals surface area contributed by atoms with Crippen molar-refractivity contribution in [2.24, 2.45) is 4.99 Å². The Morgan fingerprint density at radius 2 is 1.73 bits per heavy atom. The van der Waals surface area contributed by atoms with Crippen LogP contribution in [0.1, 0.15) is 29.2 Å². The van der Waals surface area contributed by atoms with Crippen LogP contribution in [0, 0.1) is 0 Å². The number of urea groups is 1. The summed E-state index contributed by atoms with van der Waals surface area (Å²) in [7, 11) is 0. The van der Waals surface area contributed by atoms with E-state index in [1.807, 2.05) is 97.9 Å². The van der Waals surface area contributed by atoms with E-state index in [4.69, 9.17) is 0 Å². The van der Waals surface area contributed by atoms with E-state index in [0.717, 1.165) is 27.9 Å². The molecule has 0 unspecified atom stereocenters. The zero-order valence-corrected chi connectivity index (χ0v) is 25.0. The van der Waals surface area contributed by atoms with Crippen molar-refractivity contribution in [2.75, 3.05) is 19.6 Å². The fourth-order valence-electron chi connectivity index (χ4n) is 5.88. The van der Waals surface area contributed by atoms with Gasteiger partial charge in [0.15, 0.2) is 0 Å². The number of nitrogens with zero attached hydrogens (tertiary/aromatic N) is 5. The molecule has 3 aromatic rings. The van der Waals surface area contributed by atoms with Crippen LogP contribution in [0.2, 0.25) is 0 Å². The zero-order chi connectivity index (χ0) is 31.1. The summed E-state index contributed by atoms with van der Waals surface area (Å²) in [6.45, 7) is 10.6. The smallest absolute Gasteiger partial charge is 0.332 e. The van der Waals surface area contributed by atoms with Crippen LogP contribution in [0.5, 0.6) is 0 Å². The number of allylic oxidation sites excluding steroid dienone is 1. The third-order valence-electron chi connectivity index (χ3n) is 7.96. The van der Waals surface area contributed by atoms with Gasteiger partial charge in [-0.3, -0.25) is 19.6 Å². The maximum absolute atomic E-state index is 14.1. The molecule has 2 aliphatic rings. The van der Waals surface area contributed by atoms with Crippen LogP contribution in [-0.2, 0) is 29.1 Å². The topological polar surface area (TPSA) is 88.6 Å². The molecule has 2 atom stereocenters. The van der Waals surface area contributed by atoms with E-state index in [9.17, 15) is 14.4 Å². The first-order valence-electron chi connectivity index (χ1n) is 14.8. The molecule has 2 fully saturated rings. The number of carbonyl (C=O) groups excluding carboxylic acids is 3. The van der Waals surface area contributed by atoms with Crippen LogP contribution in [-0.4, -0.2) is 76.2 Å². The monoisotopic (exact) mass is 590 g/mol. The van der Waals surface area contributed by atoms with Gasteiger partial charge in [0, 0.05) is 19.5 Å². The van der Waals surface area contributed by atoms with E-state index >= 15 is 0 Å². The van der Waals surface area contributed by atoms with Gasteiger partial charge in [0.05, 0.1) is 25.3 Å². The van der Waals surface area contributed by atoms with E-state index in [2.05, 4.69) is 23.6 Å². The Balaban J connectivity index is 1.45. The molecule has 0 radical (unpaired) electrons. The molecule has 1 N–H and O–H groups in total. The Bertz CT molecular complexity index is 1540. The normalized spacial score (nSPS) is 18.4. The fraction of sp³-hybridized carbons (Fsp3) is 0.257. The lowest BCUT2D eigenvalue weighted by Gasteiger charge is -2.46. The summed E-state index contributed by atoms with van der Waals surface area (Å²) in [5.74, 6) is -0.322. The van der Waals surface area contributed by atoms with Crippen molar-refractivity contribution in [3.63, 3.8) is 0 Å². The molecular formula is C35H38N6O3. The first kappa shape index (κ1) is 30.4. The average Bonchev–Trinajstić information content (AvgIpc) is 3.37. The molecule has 9 nitrogen and oxygen atoms in total.